The molecule has 1 saturated heterocycles. The summed E-state index contributed by atoms with van der Waals surface area (Å²) in [7, 11) is 4.20. The van der Waals surface area contributed by atoms with Crippen molar-refractivity contribution in [3.05, 3.63) is 53.6 Å². The highest BCUT2D eigenvalue weighted by Crippen LogP contribution is 2.48. The first-order chi connectivity index (χ1) is 17.0. The third-order valence-corrected chi connectivity index (χ3v) is 8.36. The molecule has 6 nitrogen and oxygen atoms in total. The first-order valence-corrected chi connectivity index (χ1v) is 12.9. The lowest BCUT2D eigenvalue weighted by Crippen LogP contribution is -2.42. The Morgan fingerprint density at radius 2 is 1.91 bits per heavy atom. The van der Waals surface area contributed by atoms with E-state index in [4.69, 9.17) is 9.47 Å². The molecule has 184 valence electrons. The number of hydrogen-bond acceptors (Lipinski definition) is 4. The summed E-state index contributed by atoms with van der Waals surface area (Å²) in [6.45, 7) is 1.79. The van der Waals surface area contributed by atoms with Crippen molar-refractivity contribution in [2.24, 2.45) is 0 Å². The molecule has 1 spiro atoms. The summed E-state index contributed by atoms with van der Waals surface area (Å²) in [5.41, 5.74) is 4.48. The van der Waals surface area contributed by atoms with Gasteiger partial charge in [-0.25, -0.2) is 4.79 Å². The largest absolute Gasteiger partial charge is 0.490 e. The van der Waals surface area contributed by atoms with Crippen LogP contribution in [-0.2, 0) is 11.3 Å². The number of carbonyl (C=O) groups is 1. The van der Waals surface area contributed by atoms with Gasteiger partial charge >= 0.3 is 5.97 Å². The summed E-state index contributed by atoms with van der Waals surface area (Å²) in [5.74, 6) is 0.444. The van der Waals surface area contributed by atoms with Crippen LogP contribution in [0.15, 0.2) is 42.5 Å². The molecule has 3 aromatic rings. The van der Waals surface area contributed by atoms with Gasteiger partial charge in [-0.1, -0.05) is 37.5 Å². The van der Waals surface area contributed by atoms with E-state index in [0.29, 0.717) is 37.3 Å². The predicted molar refractivity (Wildman–Crippen MR) is 136 cm³/mol. The summed E-state index contributed by atoms with van der Waals surface area (Å²) < 4.78 is 15.4. The van der Waals surface area contributed by atoms with E-state index in [1.807, 2.05) is 18.2 Å². The zero-order valence-corrected chi connectivity index (χ0v) is 20.6. The van der Waals surface area contributed by atoms with Crippen molar-refractivity contribution in [2.75, 3.05) is 27.3 Å². The summed E-state index contributed by atoms with van der Waals surface area (Å²) >= 11 is 0. The molecular weight excluding hydrogens is 440 g/mol. The molecule has 1 N–H and O–H groups in total. The first kappa shape index (κ1) is 22.6. The number of likely N-dealkylation sites (N-methyl/N-ethyl adjacent to an activating group) is 1. The molecule has 2 aromatic carbocycles. The van der Waals surface area contributed by atoms with E-state index < -0.39 is 11.6 Å². The maximum absolute atomic E-state index is 12.0. The molecule has 3 aliphatic rings. The molecule has 2 fully saturated rings. The second-order valence-corrected chi connectivity index (χ2v) is 10.8. The lowest BCUT2D eigenvalue weighted by Gasteiger charge is -2.34. The van der Waals surface area contributed by atoms with Crippen LogP contribution in [0.1, 0.15) is 60.4 Å². The molecule has 2 atom stereocenters. The molecule has 3 heterocycles. The Labute approximate surface area is 206 Å². The first-order valence-electron chi connectivity index (χ1n) is 12.9. The lowest BCUT2D eigenvalue weighted by atomic mass is 9.81. The fourth-order valence-corrected chi connectivity index (χ4v) is 6.46. The second kappa shape index (κ2) is 8.68. The highest BCUT2D eigenvalue weighted by Gasteiger charge is 2.45. The number of aromatic carboxylic acids is 1. The fourth-order valence-electron chi connectivity index (χ4n) is 6.46. The van der Waals surface area contributed by atoms with Gasteiger partial charge in [0.05, 0.1) is 24.4 Å². The molecule has 1 aliphatic carbocycles. The molecule has 0 radical (unpaired) electrons. The summed E-state index contributed by atoms with van der Waals surface area (Å²) in [5, 5.41) is 11.0. The normalized spacial score (nSPS) is 24.7. The highest BCUT2D eigenvalue weighted by atomic mass is 16.5. The smallest absolute Gasteiger partial charge is 0.335 e. The number of hydrogen-bond donors (Lipinski definition) is 1. The SMILES string of the molecule is CN(C)C1COC2(COc3ccccc3-c3c(C4CCCCC4)c4ccc(C(=O)O)cc4n3C2)C1. The predicted octanol–water partition coefficient (Wildman–Crippen LogP) is 5.54. The van der Waals surface area contributed by atoms with Crippen LogP contribution in [0.5, 0.6) is 5.75 Å². The number of para-hydroxylation sites is 1. The molecule has 1 aromatic heterocycles. The van der Waals surface area contributed by atoms with E-state index in [1.54, 1.807) is 6.07 Å². The Morgan fingerprint density at radius 3 is 2.66 bits per heavy atom. The van der Waals surface area contributed by atoms with Crippen LogP contribution in [-0.4, -0.2) is 59.5 Å². The van der Waals surface area contributed by atoms with Crippen molar-refractivity contribution >= 4 is 16.9 Å². The molecule has 0 amide bonds. The van der Waals surface area contributed by atoms with Gasteiger partial charge in [-0.15, -0.1) is 0 Å². The van der Waals surface area contributed by atoms with Gasteiger partial charge in [0.15, 0.2) is 0 Å². The number of aromatic nitrogens is 1. The van der Waals surface area contributed by atoms with E-state index in [-0.39, 0.29) is 0 Å². The van der Waals surface area contributed by atoms with Gasteiger partial charge in [0, 0.05) is 22.5 Å². The molecule has 35 heavy (non-hydrogen) atoms. The van der Waals surface area contributed by atoms with Gasteiger partial charge in [-0.3, -0.25) is 0 Å². The molecular formula is C29H34N2O4. The van der Waals surface area contributed by atoms with Gasteiger partial charge in [0.1, 0.15) is 18.0 Å². The molecule has 1 saturated carbocycles. The zero-order chi connectivity index (χ0) is 24.2. The number of ether oxygens (including phenoxy) is 2. The number of nitrogens with zero attached hydrogens (tertiary/aromatic N) is 2. The van der Waals surface area contributed by atoms with E-state index in [0.717, 1.165) is 23.3 Å². The third kappa shape index (κ3) is 3.83. The van der Waals surface area contributed by atoms with Crippen LogP contribution < -0.4 is 4.74 Å². The molecule has 6 heteroatoms. The van der Waals surface area contributed by atoms with Crippen LogP contribution in [0.3, 0.4) is 0 Å². The van der Waals surface area contributed by atoms with E-state index >= 15 is 0 Å². The van der Waals surface area contributed by atoms with Crippen LogP contribution in [0.25, 0.3) is 22.2 Å². The highest BCUT2D eigenvalue weighted by molar-refractivity contribution is 5.98. The van der Waals surface area contributed by atoms with Crippen molar-refractivity contribution in [1.82, 2.24) is 9.47 Å². The van der Waals surface area contributed by atoms with Crippen LogP contribution >= 0.6 is 0 Å². The zero-order valence-electron chi connectivity index (χ0n) is 20.6. The van der Waals surface area contributed by atoms with Crippen molar-refractivity contribution in [2.45, 2.75) is 62.6 Å². The number of benzene rings is 2. The minimum absolute atomic E-state index is 0.325. The lowest BCUT2D eigenvalue weighted by molar-refractivity contribution is -0.0430. The maximum atomic E-state index is 12.0. The van der Waals surface area contributed by atoms with Gasteiger partial charge < -0.3 is 24.0 Å². The number of carboxylic acids is 1. The van der Waals surface area contributed by atoms with Gasteiger partial charge in [0.2, 0.25) is 0 Å². The van der Waals surface area contributed by atoms with Gasteiger partial charge in [-0.05, 0) is 69.1 Å². The van der Waals surface area contributed by atoms with Crippen molar-refractivity contribution in [3.8, 4) is 17.0 Å². The van der Waals surface area contributed by atoms with Crippen LogP contribution in [0.4, 0.5) is 0 Å². The molecule has 2 unspecified atom stereocenters. The Bertz CT molecular complexity index is 1270. The summed E-state index contributed by atoms with van der Waals surface area (Å²) in [4.78, 5) is 14.2. The van der Waals surface area contributed by atoms with E-state index in [2.05, 4.69) is 41.8 Å². The minimum Gasteiger partial charge on any atom is -0.490 e. The van der Waals surface area contributed by atoms with Crippen molar-refractivity contribution in [3.63, 3.8) is 0 Å². The summed E-state index contributed by atoms with van der Waals surface area (Å²) in [6, 6.07) is 14.3. The van der Waals surface area contributed by atoms with Gasteiger partial charge in [0.25, 0.3) is 0 Å². The van der Waals surface area contributed by atoms with Gasteiger partial charge in [-0.2, -0.15) is 0 Å². The second-order valence-electron chi connectivity index (χ2n) is 10.8. The Kier molecular flexibility index (Phi) is 5.61. The molecule has 2 aliphatic heterocycles. The summed E-state index contributed by atoms with van der Waals surface area (Å²) in [6.07, 6.45) is 6.97. The maximum Gasteiger partial charge on any atom is 0.335 e. The Balaban J connectivity index is 1.62. The number of carboxylic acid groups (broad SMARTS) is 1. The van der Waals surface area contributed by atoms with Crippen molar-refractivity contribution in [1.29, 1.82) is 0 Å². The minimum atomic E-state index is -0.893. The van der Waals surface area contributed by atoms with E-state index in [1.165, 1.54) is 48.7 Å². The average Bonchev–Trinajstić information content (AvgIpc) is 3.42. The average molecular weight is 475 g/mol. The van der Waals surface area contributed by atoms with E-state index in [9.17, 15) is 9.90 Å². The Hall–Kier alpha value is -2.83. The topological polar surface area (TPSA) is 63.9 Å². The fraction of sp³-hybridized carbons (Fsp3) is 0.483. The number of fused-ring (bicyclic) bond motifs is 5. The molecule has 6 rings (SSSR count). The van der Waals surface area contributed by atoms with Crippen molar-refractivity contribution < 1.29 is 19.4 Å². The standard InChI is InChI=1S/C29H34N2O4/c1-30(2)21-15-29(35-16-21)17-31-24-14-20(28(32)33)12-13-22(24)26(19-8-4-3-5-9-19)27(31)23-10-6-7-11-25(23)34-18-29/h6-7,10-14,19,21H,3-5,8-9,15-18H2,1-2H3,(H,32,33). The van der Waals surface area contributed by atoms with Crippen LogP contribution in [0.2, 0.25) is 0 Å². The number of rotatable bonds is 3. The Morgan fingerprint density at radius 1 is 1.11 bits per heavy atom. The quantitative estimate of drug-likeness (QED) is 0.540. The molecule has 0 bridgehead atoms. The van der Waals surface area contributed by atoms with Crippen LogP contribution in [0, 0.1) is 0 Å². The third-order valence-electron chi connectivity index (χ3n) is 8.36. The monoisotopic (exact) mass is 474 g/mol.